The maximum Gasteiger partial charge on any atom is 0.344 e. The Balaban J connectivity index is 1.68. The maximum absolute atomic E-state index is 14.1. The molecule has 0 spiro atoms. The third kappa shape index (κ3) is 7.25. The van der Waals surface area contributed by atoms with Crippen LogP contribution < -0.4 is 9.47 Å². The third-order valence-corrected chi connectivity index (χ3v) is 7.44. The summed E-state index contributed by atoms with van der Waals surface area (Å²) >= 11 is 4.48. The fraction of sp³-hybridized carbons (Fsp3) is 0.194. The van der Waals surface area contributed by atoms with Crippen molar-refractivity contribution in [3.05, 3.63) is 109 Å². The summed E-state index contributed by atoms with van der Waals surface area (Å²) in [6.45, 7) is 5.78. The van der Waals surface area contributed by atoms with Crippen LogP contribution in [0.1, 0.15) is 40.9 Å². The Hall–Kier alpha value is -3.89. The van der Waals surface area contributed by atoms with Gasteiger partial charge in [0.2, 0.25) is 0 Å². The lowest BCUT2D eigenvalue weighted by Gasteiger charge is -2.15. The van der Waals surface area contributed by atoms with Crippen molar-refractivity contribution in [3.63, 3.8) is 0 Å². The first-order valence-electron chi connectivity index (χ1n) is 12.7. The van der Waals surface area contributed by atoms with Gasteiger partial charge in [-0.05, 0) is 78.7 Å². The van der Waals surface area contributed by atoms with Crippen molar-refractivity contribution in [1.29, 1.82) is 0 Å². The molecule has 0 radical (unpaired) electrons. The number of thioether (sulfide) groups is 1. The van der Waals surface area contributed by atoms with Crippen LogP contribution in [0.25, 0.3) is 6.08 Å². The summed E-state index contributed by atoms with van der Waals surface area (Å²) < 4.78 is 31.5. The minimum absolute atomic E-state index is 0.0110. The summed E-state index contributed by atoms with van der Waals surface area (Å²) in [6.07, 6.45) is 1.63. The molecule has 0 fully saturated rings. The monoisotopic (exact) mass is 639 g/mol. The lowest BCUT2D eigenvalue weighted by Crippen LogP contribution is -2.14. The van der Waals surface area contributed by atoms with Crippen LogP contribution in [0, 0.1) is 12.7 Å². The Morgan fingerprint density at radius 3 is 2.46 bits per heavy atom. The minimum atomic E-state index is -0.788. The van der Waals surface area contributed by atoms with Gasteiger partial charge in [0.1, 0.15) is 28.8 Å². The van der Waals surface area contributed by atoms with Crippen LogP contribution in [0.4, 0.5) is 4.39 Å². The van der Waals surface area contributed by atoms with E-state index in [1.165, 1.54) is 6.07 Å². The van der Waals surface area contributed by atoms with Crippen LogP contribution in [0.3, 0.4) is 0 Å². The van der Waals surface area contributed by atoms with Crippen LogP contribution in [0.5, 0.6) is 11.5 Å². The number of hydrogen-bond donors (Lipinski definition) is 1. The van der Waals surface area contributed by atoms with Crippen LogP contribution in [0.15, 0.2) is 86.4 Å². The zero-order valence-corrected chi connectivity index (χ0v) is 25.0. The van der Waals surface area contributed by atoms with Crippen molar-refractivity contribution in [2.75, 3.05) is 13.2 Å². The number of amides is 1. The largest absolute Gasteiger partial charge is 0.506 e. The minimum Gasteiger partial charge on any atom is -0.506 e. The molecule has 0 bridgehead atoms. The number of nitrogens with zero attached hydrogens (tertiary/aromatic N) is 1. The number of aliphatic imine (C=N–C) groups is 1. The highest BCUT2D eigenvalue weighted by molar-refractivity contribution is 9.10. The van der Waals surface area contributed by atoms with Crippen molar-refractivity contribution >= 4 is 50.7 Å². The van der Waals surface area contributed by atoms with Gasteiger partial charge in [-0.25, -0.2) is 14.2 Å². The van der Waals surface area contributed by atoms with Crippen molar-refractivity contribution in [1.82, 2.24) is 0 Å². The van der Waals surface area contributed by atoms with Crippen molar-refractivity contribution < 1.29 is 33.3 Å². The molecule has 212 valence electrons. The van der Waals surface area contributed by atoms with Gasteiger partial charge in [-0.15, -0.1) is 0 Å². The van der Waals surface area contributed by atoms with Gasteiger partial charge in [-0.1, -0.05) is 47.7 Å². The van der Waals surface area contributed by atoms with E-state index < -0.39 is 11.9 Å². The molecule has 0 saturated heterocycles. The second-order valence-electron chi connectivity index (χ2n) is 8.79. The van der Waals surface area contributed by atoms with Crippen LogP contribution in [-0.4, -0.2) is 35.2 Å². The molecule has 0 aliphatic carbocycles. The lowest BCUT2D eigenvalue weighted by molar-refractivity contribution is -0.138. The third-order valence-electron chi connectivity index (χ3n) is 5.83. The van der Waals surface area contributed by atoms with Crippen molar-refractivity contribution in [2.24, 2.45) is 4.99 Å². The molecule has 0 saturated carbocycles. The van der Waals surface area contributed by atoms with E-state index in [1.807, 2.05) is 13.8 Å². The van der Waals surface area contributed by atoms with Gasteiger partial charge >= 0.3 is 5.97 Å². The highest BCUT2D eigenvalue weighted by Crippen LogP contribution is 2.42. The number of aryl methyl sites for hydroxylation is 1. The molecule has 10 heteroatoms. The second-order valence-corrected chi connectivity index (χ2v) is 10.7. The van der Waals surface area contributed by atoms with Gasteiger partial charge in [0.15, 0.2) is 11.5 Å². The molecule has 41 heavy (non-hydrogen) atoms. The SMILES string of the molecule is CCOC(=O)C1=C(O)/C(=C/c2cc(Br)c(OCc3ccccc3F)c(OCC)c2)SC1=NC(=O)c1ccc(C)cc1. The van der Waals surface area contributed by atoms with Gasteiger partial charge in [-0.3, -0.25) is 4.79 Å². The quantitative estimate of drug-likeness (QED) is 0.241. The van der Waals surface area contributed by atoms with Crippen molar-refractivity contribution in [3.8, 4) is 11.5 Å². The number of aliphatic hydroxyl groups excluding tert-OH is 1. The highest BCUT2D eigenvalue weighted by Gasteiger charge is 2.34. The molecule has 0 aromatic heterocycles. The Kier molecular flexibility index (Phi) is 10.0. The van der Waals surface area contributed by atoms with Gasteiger partial charge in [0, 0.05) is 11.1 Å². The van der Waals surface area contributed by atoms with E-state index in [0.29, 0.717) is 39.3 Å². The Labute approximate surface area is 249 Å². The first-order chi connectivity index (χ1) is 19.7. The number of benzene rings is 3. The zero-order chi connectivity index (χ0) is 29.5. The van der Waals surface area contributed by atoms with Gasteiger partial charge in [0.25, 0.3) is 5.91 Å². The lowest BCUT2D eigenvalue weighted by atomic mass is 10.1. The summed E-state index contributed by atoms with van der Waals surface area (Å²) in [4.78, 5) is 30.0. The fourth-order valence-corrected chi connectivity index (χ4v) is 5.42. The van der Waals surface area contributed by atoms with E-state index in [1.54, 1.807) is 67.6 Å². The number of hydrogen-bond acceptors (Lipinski definition) is 7. The Morgan fingerprint density at radius 1 is 1.05 bits per heavy atom. The molecule has 7 nitrogen and oxygen atoms in total. The smallest absolute Gasteiger partial charge is 0.344 e. The maximum atomic E-state index is 14.1. The molecule has 1 aliphatic rings. The summed E-state index contributed by atoms with van der Waals surface area (Å²) in [6, 6.07) is 16.6. The van der Waals surface area contributed by atoms with Crippen LogP contribution >= 0.6 is 27.7 Å². The number of rotatable bonds is 9. The Morgan fingerprint density at radius 2 is 1.78 bits per heavy atom. The van der Waals surface area contributed by atoms with Gasteiger partial charge in [0.05, 0.1) is 22.6 Å². The van der Waals surface area contributed by atoms with Crippen LogP contribution in [0.2, 0.25) is 0 Å². The molecule has 0 unspecified atom stereocenters. The number of halogens is 2. The molecular formula is C31H27BrFNO6S. The predicted octanol–water partition coefficient (Wildman–Crippen LogP) is 7.58. The van der Waals surface area contributed by atoms with Gasteiger partial charge in [-0.2, -0.15) is 0 Å². The van der Waals surface area contributed by atoms with Gasteiger partial charge < -0.3 is 19.3 Å². The molecule has 3 aromatic carbocycles. The van der Waals surface area contributed by atoms with E-state index in [9.17, 15) is 19.1 Å². The first-order valence-corrected chi connectivity index (χ1v) is 14.4. The molecule has 1 aliphatic heterocycles. The topological polar surface area (TPSA) is 94.4 Å². The summed E-state index contributed by atoms with van der Waals surface area (Å²) in [5, 5.41) is 11.1. The van der Waals surface area contributed by atoms with E-state index in [0.717, 1.165) is 17.3 Å². The van der Waals surface area contributed by atoms with Crippen LogP contribution in [-0.2, 0) is 16.1 Å². The summed E-state index contributed by atoms with van der Waals surface area (Å²) in [5.41, 5.74) is 2.14. The molecule has 1 N–H and O–H groups in total. The predicted molar refractivity (Wildman–Crippen MR) is 161 cm³/mol. The number of carbonyl (C=O) groups is 2. The molecule has 1 heterocycles. The molecular weight excluding hydrogens is 613 g/mol. The molecule has 0 atom stereocenters. The normalized spacial score (nSPS) is 15.0. The number of carbonyl (C=O) groups excluding carboxylic acids is 2. The summed E-state index contributed by atoms with van der Waals surface area (Å²) in [7, 11) is 0. The number of aliphatic hydroxyl groups is 1. The zero-order valence-electron chi connectivity index (χ0n) is 22.6. The molecule has 1 amide bonds. The van der Waals surface area contributed by atoms with E-state index in [4.69, 9.17) is 14.2 Å². The standard InChI is InChI=1S/C31H27BrFNO6S/c1-4-38-24-15-19(14-22(32)28(24)40-17-21-8-6-7-9-23(21)33)16-25-27(35)26(31(37)39-5-2)30(41-25)34-29(36)20-12-10-18(3)11-13-20/h6-16,35H,4-5,17H2,1-3H3/b25-16-,34-30?. The average Bonchev–Trinajstić information content (AvgIpc) is 3.23. The van der Waals surface area contributed by atoms with E-state index in [-0.39, 0.29) is 40.3 Å². The second kappa shape index (κ2) is 13.6. The van der Waals surface area contributed by atoms with Crippen molar-refractivity contribution in [2.45, 2.75) is 27.4 Å². The summed E-state index contributed by atoms with van der Waals surface area (Å²) in [5.74, 6) is -1.29. The van der Waals surface area contributed by atoms with E-state index in [2.05, 4.69) is 20.9 Å². The molecule has 3 aromatic rings. The molecule has 4 rings (SSSR count). The highest BCUT2D eigenvalue weighted by atomic mass is 79.9. The Bertz CT molecular complexity index is 1570. The number of ether oxygens (including phenoxy) is 3. The number of esters is 1. The van der Waals surface area contributed by atoms with E-state index >= 15 is 0 Å². The first kappa shape index (κ1) is 30.1. The average molecular weight is 641 g/mol. The fourth-order valence-electron chi connectivity index (χ4n) is 3.84.